The normalized spacial score (nSPS) is 18.5. The number of amides is 1. The van der Waals surface area contributed by atoms with Crippen molar-refractivity contribution >= 4 is 23.3 Å². The van der Waals surface area contributed by atoms with Crippen molar-refractivity contribution in [2.24, 2.45) is 0 Å². The quantitative estimate of drug-likeness (QED) is 0.902. The average molecular weight is 323 g/mol. The van der Waals surface area contributed by atoms with Gasteiger partial charge in [-0.15, -0.1) is 0 Å². The molecule has 1 N–H and O–H groups in total. The summed E-state index contributed by atoms with van der Waals surface area (Å²) in [5, 5.41) is 10.7. The maximum Gasteiger partial charge on any atom is 0.290 e. The van der Waals surface area contributed by atoms with E-state index in [1.54, 1.807) is 24.3 Å². The van der Waals surface area contributed by atoms with Gasteiger partial charge in [-0.1, -0.05) is 23.7 Å². The molecule has 1 amide bonds. The third-order valence-electron chi connectivity index (χ3n) is 3.66. The molecule has 118 valence electrons. The summed E-state index contributed by atoms with van der Waals surface area (Å²) in [6.07, 6.45) is 0. The van der Waals surface area contributed by atoms with Crippen molar-refractivity contribution in [1.29, 1.82) is 0 Å². The molecule has 0 saturated carbocycles. The molecule has 22 heavy (non-hydrogen) atoms. The zero-order valence-electron chi connectivity index (χ0n) is 12.8. The Hall–Kier alpha value is -1.85. The van der Waals surface area contributed by atoms with E-state index in [1.807, 2.05) is 19.0 Å². The standard InChI is InChI=1S/C16H19ClN2O3/c1-10(20)13-14(11-4-6-12(17)7-5-11)19(9-8-18(2)3)16(22)15(13)21/h4-7,14,21H,8-9H2,1-3H3. The van der Waals surface area contributed by atoms with Gasteiger partial charge in [0.25, 0.3) is 5.91 Å². The number of hydrogen-bond donors (Lipinski definition) is 1. The first-order valence-electron chi connectivity index (χ1n) is 6.98. The van der Waals surface area contributed by atoms with Crippen LogP contribution in [0, 0.1) is 0 Å². The lowest BCUT2D eigenvalue weighted by atomic mass is 9.97. The van der Waals surface area contributed by atoms with Gasteiger partial charge in [-0.25, -0.2) is 0 Å². The second kappa shape index (κ2) is 6.50. The highest BCUT2D eigenvalue weighted by Gasteiger charge is 2.41. The van der Waals surface area contributed by atoms with Crippen molar-refractivity contribution in [2.75, 3.05) is 27.2 Å². The summed E-state index contributed by atoms with van der Waals surface area (Å²) < 4.78 is 0. The number of halogens is 1. The number of carbonyl (C=O) groups excluding carboxylic acids is 2. The lowest BCUT2D eigenvalue weighted by Gasteiger charge is -2.27. The van der Waals surface area contributed by atoms with Crippen LogP contribution in [0.15, 0.2) is 35.6 Å². The number of hydrogen-bond acceptors (Lipinski definition) is 4. The number of benzene rings is 1. The molecule has 5 nitrogen and oxygen atoms in total. The molecule has 0 saturated heterocycles. The molecule has 0 bridgehead atoms. The number of rotatable bonds is 5. The number of nitrogens with zero attached hydrogens (tertiary/aromatic N) is 2. The number of carbonyl (C=O) groups is 2. The van der Waals surface area contributed by atoms with Gasteiger partial charge in [-0.3, -0.25) is 9.59 Å². The molecule has 2 rings (SSSR count). The highest BCUT2D eigenvalue weighted by atomic mass is 35.5. The van der Waals surface area contributed by atoms with E-state index < -0.39 is 17.7 Å². The van der Waals surface area contributed by atoms with Crippen LogP contribution in [-0.2, 0) is 9.59 Å². The van der Waals surface area contributed by atoms with Crippen LogP contribution in [0.25, 0.3) is 0 Å². The zero-order chi connectivity index (χ0) is 16.4. The minimum absolute atomic E-state index is 0.145. The van der Waals surface area contributed by atoms with E-state index in [-0.39, 0.29) is 11.4 Å². The highest BCUT2D eigenvalue weighted by molar-refractivity contribution is 6.30. The number of ketones is 1. The SMILES string of the molecule is CC(=O)C1=C(O)C(=O)N(CCN(C)C)C1c1ccc(Cl)cc1. The molecule has 0 spiro atoms. The lowest BCUT2D eigenvalue weighted by Crippen LogP contribution is -2.36. The maximum absolute atomic E-state index is 12.3. The van der Waals surface area contributed by atoms with Gasteiger partial charge in [-0.05, 0) is 38.7 Å². The first-order chi connectivity index (χ1) is 10.3. The fourth-order valence-electron chi connectivity index (χ4n) is 2.54. The van der Waals surface area contributed by atoms with E-state index in [9.17, 15) is 14.7 Å². The molecular weight excluding hydrogens is 304 g/mol. The first-order valence-corrected chi connectivity index (χ1v) is 7.36. The molecule has 0 aliphatic carbocycles. The van der Waals surface area contributed by atoms with E-state index >= 15 is 0 Å². The molecular formula is C16H19ClN2O3. The highest BCUT2D eigenvalue weighted by Crippen LogP contribution is 2.37. The van der Waals surface area contributed by atoms with E-state index in [0.29, 0.717) is 18.1 Å². The number of aliphatic hydroxyl groups excluding tert-OH is 1. The van der Waals surface area contributed by atoms with Gasteiger partial charge in [0.15, 0.2) is 11.5 Å². The predicted octanol–water partition coefficient (Wildman–Crippen LogP) is 2.19. The van der Waals surface area contributed by atoms with Crippen molar-refractivity contribution < 1.29 is 14.7 Å². The van der Waals surface area contributed by atoms with Crippen molar-refractivity contribution in [1.82, 2.24) is 9.80 Å². The number of Topliss-reactive ketones (excluding diaryl/α,β-unsaturated/α-hetero) is 1. The van der Waals surface area contributed by atoms with Gasteiger partial charge >= 0.3 is 0 Å². The average Bonchev–Trinajstić information content (AvgIpc) is 2.70. The molecule has 1 unspecified atom stereocenters. The molecule has 1 heterocycles. The van der Waals surface area contributed by atoms with Crippen LogP contribution in [-0.4, -0.2) is 53.8 Å². The minimum atomic E-state index is -0.567. The molecule has 6 heteroatoms. The van der Waals surface area contributed by atoms with Crippen LogP contribution in [0.1, 0.15) is 18.5 Å². The van der Waals surface area contributed by atoms with Gasteiger partial charge < -0.3 is 14.9 Å². The van der Waals surface area contributed by atoms with Crippen LogP contribution in [0.5, 0.6) is 0 Å². The first kappa shape index (κ1) is 16.5. The van der Waals surface area contributed by atoms with Crippen LogP contribution < -0.4 is 0 Å². The van der Waals surface area contributed by atoms with Crippen LogP contribution in [0.2, 0.25) is 5.02 Å². The molecule has 0 aromatic heterocycles. The van der Waals surface area contributed by atoms with E-state index in [0.717, 1.165) is 5.56 Å². The Labute approximate surface area is 134 Å². The van der Waals surface area contributed by atoms with Crippen LogP contribution >= 0.6 is 11.6 Å². The van der Waals surface area contributed by atoms with Crippen molar-refractivity contribution in [3.63, 3.8) is 0 Å². The third-order valence-corrected chi connectivity index (χ3v) is 3.91. The van der Waals surface area contributed by atoms with Gasteiger partial charge in [0.05, 0.1) is 11.6 Å². The van der Waals surface area contributed by atoms with Gasteiger partial charge in [0, 0.05) is 18.1 Å². The largest absolute Gasteiger partial charge is 0.503 e. The van der Waals surface area contributed by atoms with Gasteiger partial charge in [0.1, 0.15) is 0 Å². The summed E-state index contributed by atoms with van der Waals surface area (Å²) in [5.41, 5.74) is 0.900. The Morgan fingerprint density at radius 3 is 2.41 bits per heavy atom. The molecule has 1 atom stereocenters. The number of aliphatic hydroxyl groups is 1. The van der Waals surface area contributed by atoms with Crippen molar-refractivity contribution in [2.45, 2.75) is 13.0 Å². The van der Waals surface area contributed by atoms with Gasteiger partial charge in [0.2, 0.25) is 0 Å². The topological polar surface area (TPSA) is 60.9 Å². The summed E-state index contributed by atoms with van der Waals surface area (Å²) in [4.78, 5) is 27.7. The van der Waals surface area contributed by atoms with Crippen molar-refractivity contribution in [3.8, 4) is 0 Å². The monoisotopic (exact) mass is 322 g/mol. The number of likely N-dealkylation sites (N-methyl/N-ethyl adjacent to an activating group) is 1. The van der Waals surface area contributed by atoms with E-state index in [2.05, 4.69) is 0 Å². The van der Waals surface area contributed by atoms with Gasteiger partial charge in [-0.2, -0.15) is 0 Å². The van der Waals surface area contributed by atoms with Crippen molar-refractivity contribution in [3.05, 3.63) is 46.2 Å². The molecule has 1 aliphatic rings. The second-order valence-corrected chi connectivity index (χ2v) is 6.01. The molecule has 1 aromatic rings. The maximum atomic E-state index is 12.3. The molecule has 0 fully saturated rings. The van der Waals surface area contributed by atoms with Crippen LogP contribution in [0.4, 0.5) is 0 Å². The summed E-state index contributed by atoms with van der Waals surface area (Å²) in [6, 6.07) is 6.38. The Morgan fingerprint density at radius 2 is 1.91 bits per heavy atom. The summed E-state index contributed by atoms with van der Waals surface area (Å²) in [7, 11) is 3.80. The Kier molecular flexibility index (Phi) is 4.88. The smallest absolute Gasteiger partial charge is 0.290 e. The summed E-state index contributed by atoms with van der Waals surface area (Å²) >= 11 is 5.90. The fraction of sp³-hybridized carbons (Fsp3) is 0.375. The predicted molar refractivity (Wildman–Crippen MR) is 84.8 cm³/mol. The zero-order valence-corrected chi connectivity index (χ0v) is 13.6. The third kappa shape index (κ3) is 3.15. The lowest BCUT2D eigenvalue weighted by molar-refractivity contribution is -0.129. The van der Waals surface area contributed by atoms with E-state index in [1.165, 1.54) is 11.8 Å². The molecule has 0 radical (unpaired) electrons. The minimum Gasteiger partial charge on any atom is -0.503 e. The second-order valence-electron chi connectivity index (χ2n) is 5.57. The Bertz CT molecular complexity index is 623. The Morgan fingerprint density at radius 1 is 1.32 bits per heavy atom. The molecule has 1 aromatic carbocycles. The summed E-state index contributed by atoms with van der Waals surface area (Å²) in [6.45, 7) is 2.41. The Balaban J connectivity index is 2.43. The summed E-state index contributed by atoms with van der Waals surface area (Å²) in [5.74, 6) is -1.27. The van der Waals surface area contributed by atoms with Crippen LogP contribution in [0.3, 0.4) is 0 Å². The molecule has 1 aliphatic heterocycles. The van der Waals surface area contributed by atoms with E-state index in [4.69, 9.17) is 11.6 Å². The fourth-order valence-corrected chi connectivity index (χ4v) is 2.67.